The zero-order chi connectivity index (χ0) is 18.4. The molecule has 0 bridgehead atoms. The quantitative estimate of drug-likeness (QED) is 0.656. The molecule has 2 N–H and O–H groups in total. The van der Waals surface area contributed by atoms with Gasteiger partial charge in [-0.05, 0) is 38.0 Å². The number of aromatic nitrogens is 2. The number of amides is 2. The van der Waals surface area contributed by atoms with Crippen LogP contribution in [0, 0.1) is 6.92 Å². The van der Waals surface area contributed by atoms with Crippen molar-refractivity contribution in [3.05, 3.63) is 42.4 Å². The predicted octanol–water partition coefficient (Wildman–Crippen LogP) is 3.23. The summed E-state index contributed by atoms with van der Waals surface area (Å²) in [6, 6.07) is 9.21. The average Bonchev–Trinajstić information content (AvgIpc) is 2.90. The van der Waals surface area contributed by atoms with Crippen molar-refractivity contribution in [3.8, 4) is 11.3 Å². The van der Waals surface area contributed by atoms with E-state index in [0.717, 1.165) is 36.9 Å². The lowest BCUT2D eigenvalue weighted by Gasteiger charge is -2.16. The smallest absolute Gasteiger partial charge is 0.313 e. The molecule has 2 amide bonds. The third-order valence-corrected chi connectivity index (χ3v) is 4.59. The Morgan fingerprint density at radius 2 is 1.81 bits per heavy atom. The Balaban J connectivity index is 1.63. The van der Waals surface area contributed by atoms with E-state index in [1.54, 1.807) is 18.3 Å². The zero-order valence-electron chi connectivity index (χ0n) is 15.0. The van der Waals surface area contributed by atoms with Gasteiger partial charge in [-0.25, -0.2) is 9.97 Å². The van der Waals surface area contributed by atoms with Gasteiger partial charge in [-0.3, -0.25) is 9.59 Å². The number of anilines is 1. The minimum Gasteiger partial charge on any atom is -0.345 e. The van der Waals surface area contributed by atoms with Gasteiger partial charge in [-0.2, -0.15) is 0 Å². The Morgan fingerprint density at radius 3 is 2.54 bits per heavy atom. The average molecular weight is 352 g/mol. The van der Waals surface area contributed by atoms with Crippen LogP contribution in [0.25, 0.3) is 11.3 Å². The molecule has 0 aliphatic heterocycles. The largest absolute Gasteiger partial charge is 0.345 e. The number of rotatable bonds is 3. The first-order chi connectivity index (χ1) is 12.6. The highest BCUT2D eigenvalue weighted by Gasteiger charge is 2.20. The van der Waals surface area contributed by atoms with Crippen molar-refractivity contribution in [2.75, 3.05) is 5.32 Å². The number of carbonyl (C=O) groups excluding carboxylic acids is 2. The van der Waals surface area contributed by atoms with Gasteiger partial charge in [-0.1, -0.05) is 37.8 Å². The number of benzene rings is 1. The highest BCUT2D eigenvalue weighted by atomic mass is 16.2. The van der Waals surface area contributed by atoms with E-state index in [-0.39, 0.29) is 6.04 Å². The van der Waals surface area contributed by atoms with Gasteiger partial charge in [0.15, 0.2) is 0 Å². The zero-order valence-corrected chi connectivity index (χ0v) is 15.0. The summed E-state index contributed by atoms with van der Waals surface area (Å²) in [4.78, 5) is 32.9. The summed E-state index contributed by atoms with van der Waals surface area (Å²) in [6.45, 7) is 1.83. The van der Waals surface area contributed by atoms with Crippen molar-refractivity contribution in [1.82, 2.24) is 15.3 Å². The standard InChI is InChI=1S/C20H24N4O2/c1-14-21-12-11-18(22-14)15-7-6-10-17(13-15)24-20(26)19(25)23-16-8-4-2-3-5-9-16/h6-7,10-13,16H,2-5,8-9H2,1H3,(H,23,25)(H,24,26). The number of hydrogen-bond acceptors (Lipinski definition) is 4. The van der Waals surface area contributed by atoms with Crippen LogP contribution >= 0.6 is 0 Å². The monoisotopic (exact) mass is 352 g/mol. The van der Waals surface area contributed by atoms with Crippen molar-refractivity contribution in [2.45, 2.75) is 51.5 Å². The summed E-state index contributed by atoms with van der Waals surface area (Å²) in [5.41, 5.74) is 2.20. The van der Waals surface area contributed by atoms with Gasteiger partial charge in [0.1, 0.15) is 5.82 Å². The third kappa shape index (κ3) is 4.88. The second-order valence-electron chi connectivity index (χ2n) is 6.69. The molecule has 1 aromatic carbocycles. The molecule has 0 spiro atoms. The predicted molar refractivity (Wildman–Crippen MR) is 100 cm³/mol. The van der Waals surface area contributed by atoms with Crippen LogP contribution < -0.4 is 10.6 Å². The molecule has 26 heavy (non-hydrogen) atoms. The molecule has 1 fully saturated rings. The first kappa shape index (κ1) is 18.0. The Kier molecular flexibility index (Phi) is 5.94. The van der Waals surface area contributed by atoms with Gasteiger partial charge >= 0.3 is 11.8 Å². The van der Waals surface area contributed by atoms with Crippen LogP contribution in [-0.2, 0) is 9.59 Å². The number of nitrogens with zero attached hydrogens (tertiary/aromatic N) is 2. The normalized spacial score (nSPS) is 15.1. The van der Waals surface area contributed by atoms with Gasteiger partial charge in [-0.15, -0.1) is 0 Å². The van der Waals surface area contributed by atoms with Crippen LogP contribution in [0.1, 0.15) is 44.3 Å². The molecule has 2 aromatic rings. The second kappa shape index (κ2) is 8.56. The molecule has 0 radical (unpaired) electrons. The SMILES string of the molecule is Cc1nccc(-c2cccc(NC(=O)C(=O)NC3CCCCCC3)c2)n1. The Labute approximate surface area is 153 Å². The van der Waals surface area contributed by atoms with Crippen LogP contribution in [0.3, 0.4) is 0 Å². The number of nitrogens with one attached hydrogen (secondary N) is 2. The summed E-state index contributed by atoms with van der Waals surface area (Å²) in [7, 11) is 0. The van der Waals surface area contributed by atoms with E-state index in [0.29, 0.717) is 11.5 Å². The molecule has 0 atom stereocenters. The second-order valence-corrected chi connectivity index (χ2v) is 6.69. The fourth-order valence-electron chi connectivity index (χ4n) is 3.24. The fraction of sp³-hybridized carbons (Fsp3) is 0.400. The van der Waals surface area contributed by atoms with Gasteiger partial charge in [0, 0.05) is 23.5 Å². The highest BCUT2D eigenvalue weighted by molar-refractivity contribution is 6.39. The summed E-state index contributed by atoms with van der Waals surface area (Å²) in [6.07, 6.45) is 8.20. The van der Waals surface area contributed by atoms with Gasteiger partial charge in [0.2, 0.25) is 0 Å². The molecular formula is C20H24N4O2. The lowest BCUT2D eigenvalue weighted by molar-refractivity contribution is -0.136. The Morgan fingerprint density at radius 1 is 1.04 bits per heavy atom. The maximum absolute atomic E-state index is 12.2. The first-order valence-electron chi connectivity index (χ1n) is 9.14. The number of hydrogen-bond donors (Lipinski definition) is 2. The number of carbonyl (C=O) groups is 2. The summed E-state index contributed by atoms with van der Waals surface area (Å²) < 4.78 is 0. The van der Waals surface area contributed by atoms with Crippen LogP contribution in [0.15, 0.2) is 36.5 Å². The van der Waals surface area contributed by atoms with E-state index in [1.807, 2.05) is 25.1 Å². The van der Waals surface area contributed by atoms with Crippen molar-refractivity contribution < 1.29 is 9.59 Å². The Bertz CT molecular complexity index is 783. The first-order valence-corrected chi connectivity index (χ1v) is 9.14. The molecule has 1 aliphatic carbocycles. The summed E-state index contributed by atoms with van der Waals surface area (Å²) in [5, 5.41) is 5.54. The van der Waals surface area contributed by atoms with Gasteiger partial charge in [0.25, 0.3) is 0 Å². The van der Waals surface area contributed by atoms with Gasteiger partial charge in [0.05, 0.1) is 5.69 Å². The molecule has 0 saturated heterocycles. The maximum Gasteiger partial charge on any atom is 0.313 e. The van der Waals surface area contributed by atoms with Gasteiger partial charge < -0.3 is 10.6 Å². The fourth-order valence-corrected chi connectivity index (χ4v) is 3.24. The molecule has 1 aliphatic rings. The van der Waals surface area contributed by atoms with E-state index < -0.39 is 11.8 Å². The molecule has 0 unspecified atom stereocenters. The van der Waals surface area contributed by atoms with E-state index in [4.69, 9.17) is 0 Å². The molecule has 1 aromatic heterocycles. The molecule has 6 heteroatoms. The van der Waals surface area contributed by atoms with E-state index >= 15 is 0 Å². The Hall–Kier alpha value is -2.76. The molecule has 1 saturated carbocycles. The van der Waals surface area contributed by atoms with Crippen LogP contribution in [0.5, 0.6) is 0 Å². The van der Waals surface area contributed by atoms with E-state index in [1.165, 1.54) is 12.8 Å². The minimum absolute atomic E-state index is 0.103. The molecular weight excluding hydrogens is 328 g/mol. The van der Waals surface area contributed by atoms with E-state index in [2.05, 4.69) is 20.6 Å². The summed E-state index contributed by atoms with van der Waals surface area (Å²) >= 11 is 0. The highest BCUT2D eigenvalue weighted by Crippen LogP contribution is 2.21. The lowest BCUT2D eigenvalue weighted by Crippen LogP contribution is -2.41. The van der Waals surface area contributed by atoms with Crippen LogP contribution in [0.2, 0.25) is 0 Å². The van der Waals surface area contributed by atoms with Crippen molar-refractivity contribution in [2.24, 2.45) is 0 Å². The van der Waals surface area contributed by atoms with E-state index in [9.17, 15) is 9.59 Å². The topological polar surface area (TPSA) is 84.0 Å². The molecule has 1 heterocycles. The van der Waals surface area contributed by atoms with Crippen LogP contribution in [0.4, 0.5) is 5.69 Å². The van der Waals surface area contributed by atoms with Crippen LogP contribution in [-0.4, -0.2) is 27.8 Å². The number of aryl methyl sites for hydroxylation is 1. The van der Waals surface area contributed by atoms with Crippen molar-refractivity contribution in [1.29, 1.82) is 0 Å². The van der Waals surface area contributed by atoms with Crippen molar-refractivity contribution >= 4 is 17.5 Å². The maximum atomic E-state index is 12.2. The molecule has 3 rings (SSSR count). The lowest BCUT2D eigenvalue weighted by atomic mass is 10.1. The third-order valence-electron chi connectivity index (χ3n) is 4.59. The summed E-state index contributed by atoms with van der Waals surface area (Å²) in [5.74, 6) is -0.523. The minimum atomic E-state index is -0.634. The molecule has 6 nitrogen and oxygen atoms in total. The molecule has 136 valence electrons. The van der Waals surface area contributed by atoms with Crippen molar-refractivity contribution in [3.63, 3.8) is 0 Å².